The number of nitrogens with zero attached hydrogens (tertiary/aromatic N) is 1. The van der Waals surface area contributed by atoms with Crippen LogP contribution in [0.3, 0.4) is 0 Å². The number of hydrogen-bond donors (Lipinski definition) is 1. The molecule has 1 saturated heterocycles. The minimum Gasteiger partial charge on any atom is -0.314 e. The Labute approximate surface area is 139 Å². The number of halogens is 2. The summed E-state index contributed by atoms with van der Waals surface area (Å²) in [6, 6.07) is 6.15. The lowest BCUT2D eigenvalue weighted by Crippen LogP contribution is -2.42. The van der Waals surface area contributed by atoms with Gasteiger partial charge in [-0.2, -0.15) is 0 Å². The van der Waals surface area contributed by atoms with Gasteiger partial charge < -0.3 is 5.32 Å². The first-order chi connectivity index (χ1) is 10.3. The third kappa shape index (κ3) is 4.68. The largest absolute Gasteiger partial charge is 0.314 e. The molecule has 3 rings (SSSR count). The molecular formula is C18H28ClFN2. The molecule has 1 aromatic rings. The van der Waals surface area contributed by atoms with Crippen LogP contribution in [0.15, 0.2) is 18.2 Å². The molecule has 0 radical (unpaired) electrons. The predicted molar refractivity (Wildman–Crippen MR) is 92.1 cm³/mol. The zero-order valence-corrected chi connectivity index (χ0v) is 14.3. The smallest absolute Gasteiger partial charge is 0.127 e. The molecule has 1 heterocycles. The van der Waals surface area contributed by atoms with Crippen molar-refractivity contribution in [2.45, 2.75) is 51.6 Å². The molecule has 1 aliphatic heterocycles. The van der Waals surface area contributed by atoms with Crippen molar-refractivity contribution in [1.29, 1.82) is 0 Å². The molecule has 0 amide bonds. The second kappa shape index (κ2) is 8.28. The average Bonchev–Trinajstić information content (AvgIpc) is 3.33. The fraction of sp³-hybridized carbons (Fsp3) is 0.667. The Morgan fingerprint density at radius 1 is 1.18 bits per heavy atom. The van der Waals surface area contributed by atoms with Gasteiger partial charge >= 0.3 is 0 Å². The summed E-state index contributed by atoms with van der Waals surface area (Å²) >= 11 is 0. The van der Waals surface area contributed by atoms with Crippen LogP contribution >= 0.6 is 12.4 Å². The van der Waals surface area contributed by atoms with E-state index in [0.29, 0.717) is 6.04 Å². The van der Waals surface area contributed by atoms with Crippen molar-refractivity contribution in [3.05, 3.63) is 35.1 Å². The molecule has 2 nitrogen and oxygen atoms in total. The summed E-state index contributed by atoms with van der Waals surface area (Å²) in [7, 11) is 0. The van der Waals surface area contributed by atoms with Gasteiger partial charge in [-0.3, -0.25) is 4.90 Å². The molecule has 0 aromatic heterocycles. The van der Waals surface area contributed by atoms with Crippen molar-refractivity contribution in [3.8, 4) is 0 Å². The molecule has 0 spiro atoms. The predicted octanol–water partition coefficient (Wildman–Crippen LogP) is 3.77. The monoisotopic (exact) mass is 326 g/mol. The van der Waals surface area contributed by atoms with Crippen LogP contribution in [0.4, 0.5) is 4.39 Å². The van der Waals surface area contributed by atoms with Gasteiger partial charge in [0.2, 0.25) is 0 Å². The van der Waals surface area contributed by atoms with Crippen molar-refractivity contribution in [2.75, 3.05) is 19.6 Å². The van der Waals surface area contributed by atoms with Crippen molar-refractivity contribution in [2.24, 2.45) is 5.92 Å². The molecule has 4 heteroatoms. The number of benzene rings is 1. The van der Waals surface area contributed by atoms with Crippen molar-refractivity contribution in [1.82, 2.24) is 10.2 Å². The van der Waals surface area contributed by atoms with Gasteiger partial charge in [0.25, 0.3) is 0 Å². The van der Waals surface area contributed by atoms with Gasteiger partial charge in [-0.1, -0.05) is 19.1 Å². The Balaban J connectivity index is 0.00000176. The molecule has 1 saturated carbocycles. The van der Waals surface area contributed by atoms with E-state index in [1.807, 2.05) is 6.07 Å². The first kappa shape index (κ1) is 17.7. The summed E-state index contributed by atoms with van der Waals surface area (Å²) in [5, 5.41) is 3.70. The Morgan fingerprint density at radius 2 is 1.91 bits per heavy atom. The lowest BCUT2D eigenvalue weighted by Gasteiger charge is -2.33. The van der Waals surface area contributed by atoms with Gasteiger partial charge in [-0.15, -0.1) is 12.4 Å². The lowest BCUT2D eigenvalue weighted by molar-refractivity contribution is 0.188. The molecule has 1 aliphatic carbocycles. The SMILES string of the molecule is CCc1cccc(F)c1CN1CCC(NCC2CC2)CC1.Cl. The van der Waals surface area contributed by atoms with Crippen LogP contribution in [0.2, 0.25) is 0 Å². The fourth-order valence-corrected chi connectivity index (χ4v) is 3.29. The highest BCUT2D eigenvalue weighted by Crippen LogP contribution is 2.28. The Kier molecular flexibility index (Phi) is 6.66. The van der Waals surface area contributed by atoms with Gasteiger partial charge in [0, 0.05) is 18.2 Å². The van der Waals surface area contributed by atoms with Gasteiger partial charge in [0.1, 0.15) is 5.82 Å². The molecule has 2 aliphatic rings. The summed E-state index contributed by atoms with van der Waals surface area (Å²) in [4.78, 5) is 2.41. The Morgan fingerprint density at radius 3 is 2.55 bits per heavy atom. The third-order valence-electron chi connectivity index (χ3n) is 4.96. The van der Waals surface area contributed by atoms with E-state index in [-0.39, 0.29) is 18.2 Å². The van der Waals surface area contributed by atoms with E-state index in [2.05, 4.69) is 23.2 Å². The highest BCUT2D eigenvalue weighted by Gasteiger charge is 2.24. The zero-order chi connectivity index (χ0) is 14.7. The average molecular weight is 327 g/mol. The maximum absolute atomic E-state index is 14.0. The van der Waals surface area contributed by atoms with Crippen molar-refractivity contribution in [3.63, 3.8) is 0 Å². The maximum Gasteiger partial charge on any atom is 0.127 e. The quantitative estimate of drug-likeness (QED) is 0.856. The van der Waals surface area contributed by atoms with E-state index in [4.69, 9.17) is 0 Å². The van der Waals surface area contributed by atoms with E-state index < -0.39 is 0 Å². The molecule has 124 valence electrons. The second-order valence-corrected chi connectivity index (χ2v) is 6.63. The Hall–Kier alpha value is -0.640. The fourth-order valence-electron chi connectivity index (χ4n) is 3.29. The Bertz CT molecular complexity index is 468. The summed E-state index contributed by atoms with van der Waals surface area (Å²) < 4.78 is 14.0. The van der Waals surface area contributed by atoms with Crippen LogP contribution in [0.25, 0.3) is 0 Å². The zero-order valence-electron chi connectivity index (χ0n) is 13.5. The number of rotatable bonds is 6. The number of hydrogen-bond acceptors (Lipinski definition) is 2. The van der Waals surface area contributed by atoms with E-state index in [1.54, 1.807) is 6.07 Å². The molecule has 0 bridgehead atoms. The normalized spacial score (nSPS) is 19.9. The van der Waals surface area contributed by atoms with Crippen LogP contribution in [0, 0.1) is 11.7 Å². The van der Waals surface area contributed by atoms with Crippen LogP contribution in [0.5, 0.6) is 0 Å². The number of likely N-dealkylation sites (tertiary alicyclic amines) is 1. The summed E-state index contributed by atoms with van der Waals surface area (Å²) in [5.74, 6) is 0.914. The van der Waals surface area contributed by atoms with E-state index in [1.165, 1.54) is 32.2 Å². The number of nitrogens with one attached hydrogen (secondary N) is 1. The highest BCUT2D eigenvalue weighted by molar-refractivity contribution is 5.85. The molecule has 0 unspecified atom stereocenters. The minimum absolute atomic E-state index is 0. The second-order valence-electron chi connectivity index (χ2n) is 6.63. The number of piperidine rings is 1. The van der Waals surface area contributed by atoms with Crippen LogP contribution in [0.1, 0.15) is 43.7 Å². The maximum atomic E-state index is 14.0. The van der Waals surface area contributed by atoms with Crippen molar-refractivity contribution < 1.29 is 4.39 Å². The summed E-state index contributed by atoms with van der Waals surface area (Å²) in [6.45, 7) is 6.25. The van der Waals surface area contributed by atoms with Crippen LogP contribution < -0.4 is 5.32 Å². The van der Waals surface area contributed by atoms with Gasteiger partial charge in [-0.25, -0.2) is 4.39 Å². The van der Waals surface area contributed by atoms with Crippen molar-refractivity contribution >= 4 is 12.4 Å². The summed E-state index contributed by atoms with van der Waals surface area (Å²) in [5.41, 5.74) is 2.06. The first-order valence-corrected chi connectivity index (χ1v) is 8.48. The summed E-state index contributed by atoms with van der Waals surface area (Å²) in [6.07, 6.45) is 6.13. The molecule has 1 aromatic carbocycles. The number of aryl methyl sites for hydroxylation is 1. The van der Waals surface area contributed by atoms with E-state index in [9.17, 15) is 4.39 Å². The molecule has 22 heavy (non-hydrogen) atoms. The molecule has 1 N–H and O–H groups in total. The topological polar surface area (TPSA) is 15.3 Å². The van der Waals surface area contributed by atoms with E-state index >= 15 is 0 Å². The van der Waals surface area contributed by atoms with E-state index in [0.717, 1.165) is 43.1 Å². The first-order valence-electron chi connectivity index (χ1n) is 8.48. The van der Waals surface area contributed by atoms with Gasteiger partial charge in [0.15, 0.2) is 0 Å². The van der Waals surface area contributed by atoms with Crippen LogP contribution in [-0.2, 0) is 13.0 Å². The highest BCUT2D eigenvalue weighted by atomic mass is 35.5. The third-order valence-corrected chi connectivity index (χ3v) is 4.96. The molecule has 2 fully saturated rings. The lowest BCUT2D eigenvalue weighted by atomic mass is 10.0. The molecular weight excluding hydrogens is 299 g/mol. The van der Waals surface area contributed by atoms with Gasteiger partial charge in [-0.05, 0) is 69.3 Å². The minimum atomic E-state index is -0.0386. The standard InChI is InChI=1S/C18H27FN2.ClH/c1-2-15-4-3-5-18(19)17(15)13-21-10-8-16(9-11-21)20-12-14-6-7-14;/h3-5,14,16,20H,2,6-13H2,1H3;1H. The molecule has 0 atom stereocenters. The van der Waals surface area contributed by atoms with Gasteiger partial charge in [0.05, 0.1) is 0 Å². The van der Waals surface area contributed by atoms with Crippen LogP contribution in [-0.4, -0.2) is 30.6 Å².